The first kappa shape index (κ1) is 28.4. The van der Waals surface area contributed by atoms with E-state index in [-0.39, 0.29) is 23.6 Å². The lowest BCUT2D eigenvalue weighted by Crippen LogP contribution is -2.20. The van der Waals surface area contributed by atoms with Gasteiger partial charge in [-0.2, -0.15) is 5.10 Å². The Labute approximate surface area is 239 Å². The fraction of sp³-hybridized carbons (Fsp3) is 0.167. The molecule has 0 aliphatic rings. The van der Waals surface area contributed by atoms with Gasteiger partial charge in [-0.25, -0.2) is 10.2 Å². The van der Waals surface area contributed by atoms with Crippen molar-refractivity contribution in [1.82, 2.24) is 5.43 Å². The number of nitrogens with one attached hydrogen (secondary N) is 1. The summed E-state index contributed by atoms with van der Waals surface area (Å²) >= 11 is 3.55. The fourth-order valence-corrected chi connectivity index (χ4v) is 4.55. The Kier molecular flexibility index (Phi) is 9.23. The molecule has 206 valence electrons. The molecule has 0 saturated carbocycles. The summed E-state index contributed by atoms with van der Waals surface area (Å²) in [7, 11) is 5.85. The van der Waals surface area contributed by atoms with Crippen LogP contribution in [0.25, 0.3) is 10.8 Å². The molecule has 0 saturated heterocycles. The summed E-state index contributed by atoms with van der Waals surface area (Å²) in [5.41, 5.74) is 4.27. The molecule has 9 nitrogen and oxygen atoms in total. The molecular formula is C30H27BrN2O7. The number of carbonyl (C=O) groups excluding carboxylic acids is 2. The summed E-state index contributed by atoms with van der Waals surface area (Å²) in [5.74, 6) is 0.602. The van der Waals surface area contributed by atoms with Gasteiger partial charge < -0.3 is 23.7 Å². The number of hydrogen-bond donors (Lipinski definition) is 1. The second-order valence-electron chi connectivity index (χ2n) is 8.44. The Morgan fingerprint density at radius 3 is 2.12 bits per heavy atom. The number of rotatable bonds is 10. The summed E-state index contributed by atoms with van der Waals surface area (Å²) in [6, 6.07) is 19.6. The molecule has 40 heavy (non-hydrogen) atoms. The molecule has 0 unspecified atom stereocenters. The Bertz CT molecular complexity index is 1560. The molecule has 0 fully saturated rings. The van der Waals surface area contributed by atoms with Crippen LogP contribution in [-0.4, -0.2) is 46.5 Å². The average molecular weight is 607 g/mol. The molecule has 0 aromatic heterocycles. The van der Waals surface area contributed by atoms with Gasteiger partial charge in [0.2, 0.25) is 11.7 Å². The maximum absolute atomic E-state index is 12.9. The van der Waals surface area contributed by atoms with Crippen molar-refractivity contribution in [2.24, 2.45) is 5.10 Å². The highest BCUT2D eigenvalue weighted by Gasteiger charge is 2.19. The number of nitrogens with zero attached hydrogens (tertiary/aromatic N) is 1. The van der Waals surface area contributed by atoms with Gasteiger partial charge in [-0.05, 0) is 58.3 Å². The number of fused-ring (bicyclic) bond motifs is 1. The van der Waals surface area contributed by atoms with E-state index in [4.69, 9.17) is 23.7 Å². The Morgan fingerprint density at radius 1 is 0.800 bits per heavy atom. The Hall–Kier alpha value is -4.57. The summed E-state index contributed by atoms with van der Waals surface area (Å²) in [4.78, 5) is 25.4. The second kappa shape index (κ2) is 13.0. The van der Waals surface area contributed by atoms with Crippen molar-refractivity contribution < 1.29 is 33.3 Å². The average Bonchev–Trinajstić information content (AvgIpc) is 2.98. The van der Waals surface area contributed by atoms with E-state index in [2.05, 4.69) is 26.5 Å². The lowest BCUT2D eigenvalue weighted by Gasteiger charge is -2.14. The van der Waals surface area contributed by atoms with Crippen molar-refractivity contribution in [1.29, 1.82) is 0 Å². The first-order valence-electron chi connectivity index (χ1n) is 12.1. The molecular weight excluding hydrogens is 580 g/mol. The molecule has 4 aromatic rings. The van der Waals surface area contributed by atoms with Gasteiger partial charge in [0, 0.05) is 4.47 Å². The van der Waals surface area contributed by atoms with Gasteiger partial charge in [0.05, 0.1) is 46.6 Å². The predicted molar refractivity (Wildman–Crippen MR) is 155 cm³/mol. The SMILES string of the molecule is COc1cc(/C=N\NC(=O)Cc2ccc(Br)c3ccccc23)ccc1OC(=O)c1cc(OC)c(OC)c(OC)c1. The normalized spacial score (nSPS) is 10.8. The molecule has 0 aliphatic heterocycles. The Morgan fingerprint density at radius 2 is 1.48 bits per heavy atom. The number of hydrogen-bond acceptors (Lipinski definition) is 8. The van der Waals surface area contributed by atoms with Gasteiger partial charge in [0.25, 0.3) is 0 Å². The second-order valence-corrected chi connectivity index (χ2v) is 9.29. The topological polar surface area (TPSA) is 105 Å². The van der Waals surface area contributed by atoms with E-state index in [1.165, 1.54) is 46.8 Å². The molecule has 0 radical (unpaired) electrons. The molecule has 0 atom stereocenters. The molecule has 1 N–H and O–H groups in total. The van der Waals surface area contributed by atoms with Gasteiger partial charge in [0.1, 0.15) is 0 Å². The van der Waals surface area contributed by atoms with Crippen LogP contribution >= 0.6 is 15.9 Å². The van der Waals surface area contributed by atoms with Crippen molar-refractivity contribution in [2.45, 2.75) is 6.42 Å². The zero-order valence-electron chi connectivity index (χ0n) is 22.3. The largest absolute Gasteiger partial charge is 0.493 e. The van der Waals surface area contributed by atoms with Crippen LogP contribution in [0.4, 0.5) is 0 Å². The molecule has 0 heterocycles. The van der Waals surface area contributed by atoms with E-state index < -0.39 is 5.97 Å². The van der Waals surface area contributed by atoms with E-state index >= 15 is 0 Å². The lowest BCUT2D eigenvalue weighted by molar-refractivity contribution is -0.120. The van der Waals surface area contributed by atoms with E-state index in [0.717, 1.165) is 20.8 Å². The third-order valence-electron chi connectivity index (χ3n) is 6.01. The quantitative estimate of drug-likeness (QED) is 0.109. The van der Waals surface area contributed by atoms with Crippen molar-refractivity contribution in [2.75, 3.05) is 28.4 Å². The van der Waals surface area contributed by atoms with E-state index in [0.29, 0.717) is 28.6 Å². The summed E-state index contributed by atoms with van der Waals surface area (Å²) in [6.45, 7) is 0. The third kappa shape index (κ3) is 6.35. The van der Waals surface area contributed by atoms with Crippen LogP contribution in [-0.2, 0) is 11.2 Å². The van der Waals surface area contributed by atoms with Gasteiger partial charge in [-0.1, -0.05) is 46.3 Å². The van der Waals surface area contributed by atoms with Gasteiger partial charge in [-0.15, -0.1) is 0 Å². The summed E-state index contributed by atoms with van der Waals surface area (Å²) in [6.07, 6.45) is 1.65. The van der Waals surface area contributed by atoms with Crippen LogP contribution in [0, 0.1) is 0 Å². The van der Waals surface area contributed by atoms with Crippen molar-refractivity contribution in [3.8, 4) is 28.7 Å². The van der Waals surface area contributed by atoms with Crippen LogP contribution in [0.1, 0.15) is 21.5 Å². The number of methoxy groups -OCH3 is 4. The monoisotopic (exact) mass is 606 g/mol. The van der Waals surface area contributed by atoms with Crippen LogP contribution in [0.3, 0.4) is 0 Å². The number of benzene rings is 4. The highest BCUT2D eigenvalue weighted by Crippen LogP contribution is 2.39. The zero-order chi connectivity index (χ0) is 28.6. The predicted octanol–water partition coefficient (Wildman–Crippen LogP) is 5.55. The minimum atomic E-state index is -0.647. The maximum Gasteiger partial charge on any atom is 0.343 e. The van der Waals surface area contributed by atoms with Gasteiger partial charge >= 0.3 is 5.97 Å². The minimum Gasteiger partial charge on any atom is -0.493 e. The van der Waals surface area contributed by atoms with Gasteiger partial charge in [-0.3, -0.25) is 4.79 Å². The number of ether oxygens (including phenoxy) is 5. The van der Waals surface area contributed by atoms with Crippen molar-refractivity contribution >= 4 is 44.8 Å². The van der Waals surface area contributed by atoms with E-state index in [1.54, 1.807) is 18.2 Å². The highest BCUT2D eigenvalue weighted by atomic mass is 79.9. The van der Waals surface area contributed by atoms with Gasteiger partial charge in [0.15, 0.2) is 23.0 Å². The third-order valence-corrected chi connectivity index (χ3v) is 6.70. The molecule has 1 amide bonds. The fourth-order valence-electron chi connectivity index (χ4n) is 4.08. The van der Waals surface area contributed by atoms with E-state index in [1.807, 2.05) is 36.4 Å². The number of halogens is 1. The number of esters is 1. The zero-order valence-corrected chi connectivity index (χ0v) is 23.9. The van der Waals surface area contributed by atoms with Crippen LogP contribution < -0.4 is 29.1 Å². The van der Waals surface area contributed by atoms with Crippen LogP contribution in [0.5, 0.6) is 28.7 Å². The summed E-state index contributed by atoms with van der Waals surface area (Å²) < 4.78 is 27.9. The molecule has 0 bridgehead atoms. The molecule has 4 aromatic carbocycles. The van der Waals surface area contributed by atoms with Crippen LogP contribution in [0.2, 0.25) is 0 Å². The smallest absolute Gasteiger partial charge is 0.343 e. The highest BCUT2D eigenvalue weighted by molar-refractivity contribution is 9.10. The van der Waals surface area contributed by atoms with Crippen molar-refractivity contribution in [3.05, 3.63) is 87.9 Å². The lowest BCUT2D eigenvalue weighted by atomic mass is 10.0. The standard InChI is InChI=1S/C30H27BrN2O7/c1-36-25-13-18(17-32-33-28(34)16-19-10-11-23(31)22-8-6-5-7-21(19)22)9-12-24(25)40-30(35)20-14-26(37-2)29(39-4)27(15-20)38-3/h5-15,17H,16H2,1-4H3,(H,33,34)/b32-17-. The molecule has 0 aliphatic carbocycles. The molecule has 10 heteroatoms. The molecule has 0 spiro atoms. The minimum absolute atomic E-state index is 0.171. The first-order chi connectivity index (χ1) is 19.4. The molecule has 4 rings (SSSR count). The maximum atomic E-state index is 12.9. The number of amides is 1. The Balaban J connectivity index is 1.44. The van der Waals surface area contributed by atoms with Crippen molar-refractivity contribution in [3.63, 3.8) is 0 Å². The van der Waals surface area contributed by atoms with Crippen LogP contribution in [0.15, 0.2) is 76.3 Å². The number of carbonyl (C=O) groups is 2. The van der Waals surface area contributed by atoms with E-state index in [9.17, 15) is 9.59 Å². The summed E-state index contributed by atoms with van der Waals surface area (Å²) in [5, 5.41) is 6.10. The first-order valence-corrected chi connectivity index (χ1v) is 12.9. The number of hydrazone groups is 1.